The highest BCUT2D eigenvalue weighted by Crippen LogP contribution is 2.20. The van der Waals surface area contributed by atoms with Gasteiger partial charge in [0.1, 0.15) is 12.1 Å². The SMILES string of the molecule is CC(=O)N[C@@H]1[C@H](OCC(C)C)OC(C(=O)O)=C[C@H]1O. The lowest BCUT2D eigenvalue weighted by Crippen LogP contribution is -2.54. The van der Waals surface area contributed by atoms with Crippen LogP contribution in [-0.2, 0) is 19.1 Å². The van der Waals surface area contributed by atoms with E-state index in [9.17, 15) is 14.7 Å². The molecule has 0 unspecified atom stereocenters. The van der Waals surface area contributed by atoms with E-state index in [2.05, 4.69) is 5.32 Å². The second-order valence-electron chi connectivity index (χ2n) is 4.77. The highest BCUT2D eigenvalue weighted by molar-refractivity contribution is 5.84. The second kappa shape index (κ2) is 6.53. The maximum atomic E-state index is 11.1. The summed E-state index contributed by atoms with van der Waals surface area (Å²) in [4.78, 5) is 22.0. The lowest BCUT2D eigenvalue weighted by molar-refractivity contribution is -0.177. The van der Waals surface area contributed by atoms with E-state index < -0.39 is 24.4 Å². The molecule has 1 heterocycles. The zero-order valence-electron chi connectivity index (χ0n) is 11.1. The van der Waals surface area contributed by atoms with Crippen LogP contribution in [0.15, 0.2) is 11.8 Å². The number of carboxylic acids is 1. The number of hydrogen-bond acceptors (Lipinski definition) is 5. The Morgan fingerprint density at radius 2 is 2.16 bits per heavy atom. The van der Waals surface area contributed by atoms with Crippen LogP contribution in [-0.4, -0.2) is 47.1 Å². The van der Waals surface area contributed by atoms with Gasteiger partial charge >= 0.3 is 5.97 Å². The predicted molar refractivity (Wildman–Crippen MR) is 65.0 cm³/mol. The van der Waals surface area contributed by atoms with Crippen molar-refractivity contribution in [2.45, 2.75) is 39.2 Å². The van der Waals surface area contributed by atoms with Gasteiger partial charge in [0.25, 0.3) is 0 Å². The molecule has 0 spiro atoms. The number of hydrogen-bond donors (Lipinski definition) is 3. The summed E-state index contributed by atoms with van der Waals surface area (Å²) in [6.07, 6.45) is -1.17. The van der Waals surface area contributed by atoms with Gasteiger partial charge in [0.05, 0.1) is 6.61 Å². The predicted octanol–water partition coefficient (Wildman–Crippen LogP) is -0.151. The molecule has 0 aromatic carbocycles. The van der Waals surface area contributed by atoms with Crippen molar-refractivity contribution >= 4 is 11.9 Å². The Bertz CT molecular complexity index is 378. The molecule has 0 saturated carbocycles. The number of carboxylic acid groups (broad SMARTS) is 1. The van der Waals surface area contributed by atoms with Gasteiger partial charge in [-0.1, -0.05) is 13.8 Å². The first-order valence-electron chi connectivity index (χ1n) is 5.99. The number of ether oxygens (including phenoxy) is 2. The lowest BCUT2D eigenvalue weighted by atomic mass is 10.1. The van der Waals surface area contributed by atoms with E-state index in [-0.39, 0.29) is 17.6 Å². The summed E-state index contributed by atoms with van der Waals surface area (Å²) in [6.45, 7) is 5.45. The molecular formula is C12H19NO6. The van der Waals surface area contributed by atoms with E-state index in [1.54, 1.807) is 0 Å². The average molecular weight is 273 g/mol. The summed E-state index contributed by atoms with van der Waals surface area (Å²) in [5.74, 6) is -1.84. The Morgan fingerprint density at radius 1 is 1.53 bits per heavy atom. The van der Waals surface area contributed by atoms with Crippen LogP contribution in [0.4, 0.5) is 0 Å². The van der Waals surface area contributed by atoms with E-state index in [4.69, 9.17) is 14.6 Å². The maximum Gasteiger partial charge on any atom is 0.371 e. The smallest absolute Gasteiger partial charge is 0.371 e. The monoisotopic (exact) mass is 273 g/mol. The minimum Gasteiger partial charge on any atom is -0.475 e. The summed E-state index contributed by atoms with van der Waals surface area (Å²) in [5, 5.41) is 21.2. The molecule has 1 aliphatic heterocycles. The van der Waals surface area contributed by atoms with Gasteiger partial charge in [0, 0.05) is 6.92 Å². The largest absolute Gasteiger partial charge is 0.475 e. The normalized spacial score (nSPS) is 26.6. The van der Waals surface area contributed by atoms with Crippen molar-refractivity contribution < 1.29 is 29.3 Å². The maximum absolute atomic E-state index is 11.1. The van der Waals surface area contributed by atoms with Gasteiger partial charge in [-0.15, -0.1) is 0 Å². The van der Waals surface area contributed by atoms with Crippen LogP contribution in [0, 0.1) is 5.92 Å². The zero-order chi connectivity index (χ0) is 14.6. The lowest BCUT2D eigenvalue weighted by Gasteiger charge is -2.34. The molecule has 3 atom stereocenters. The molecule has 0 fully saturated rings. The quantitative estimate of drug-likeness (QED) is 0.643. The molecule has 1 rings (SSSR count). The Morgan fingerprint density at radius 3 is 2.63 bits per heavy atom. The molecule has 7 heteroatoms. The van der Waals surface area contributed by atoms with E-state index in [1.165, 1.54) is 6.92 Å². The van der Waals surface area contributed by atoms with E-state index in [0.717, 1.165) is 6.08 Å². The molecule has 7 nitrogen and oxygen atoms in total. The fourth-order valence-corrected chi connectivity index (χ4v) is 1.59. The van der Waals surface area contributed by atoms with E-state index in [1.807, 2.05) is 13.8 Å². The summed E-state index contributed by atoms with van der Waals surface area (Å²) in [7, 11) is 0. The van der Waals surface area contributed by atoms with Crippen LogP contribution >= 0.6 is 0 Å². The van der Waals surface area contributed by atoms with Crippen molar-refractivity contribution in [3.63, 3.8) is 0 Å². The molecular weight excluding hydrogens is 254 g/mol. The van der Waals surface area contributed by atoms with Crippen molar-refractivity contribution in [3.8, 4) is 0 Å². The van der Waals surface area contributed by atoms with Crippen LogP contribution in [0.5, 0.6) is 0 Å². The molecule has 0 saturated heterocycles. The van der Waals surface area contributed by atoms with Gasteiger partial charge in [-0.3, -0.25) is 4.79 Å². The third-order valence-electron chi connectivity index (χ3n) is 2.40. The van der Waals surface area contributed by atoms with Crippen molar-refractivity contribution in [1.82, 2.24) is 5.32 Å². The summed E-state index contributed by atoms with van der Waals surface area (Å²) in [6, 6.07) is -0.834. The molecule has 0 radical (unpaired) electrons. The Labute approximate surface area is 111 Å². The number of nitrogens with one attached hydrogen (secondary N) is 1. The molecule has 0 aliphatic carbocycles. The zero-order valence-corrected chi connectivity index (χ0v) is 11.1. The minimum absolute atomic E-state index is 0.206. The molecule has 0 aromatic rings. The van der Waals surface area contributed by atoms with E-state index in [0.29, 0.717) is 6.61 Å². The number of aliphatic hydroxyl groups excluding tert-OH is 1. The molecule has 0 aromatic heterocycles. The first-order valence-corrected chi connectivity index (χ1v) is 5.99. The van der Waals surface area contributed by atoms with Crippen molar-refractivity contribution in [2.75, 3.05) is 6.61 Å². The highest BCUT2D eigenvalue weighted by Gasteiger charge is 2.37. The summed E-state index contributed by atoms with van der Waals surface area (Å²) < 4.78 is 10.6. The summed E-state index contributed by atoms with van der Waals surface area (Å²) in [5.41, 5.74) is 0. The van der Waals surface area contributed by atoms with Crippen LogP contribution in [0.3, 0.4) is 0 Å². The minimum atomic E-state index is -1.29. The van der Waals surface area contributed by atoms with Crippen LogP contribution < -0.4 is 5.32 Å². The molecule has 3 N–H and O–H groups in total. The topological polar surface area (TPSA) is 105 Å². The number of aliphatic carboxylic acids is 1. The Balaban J connectivity index is 2.84. The standard InChI is InChI=1S/C12H19NO6/c1-6(2)5-18-12-10(13-7(3)14)8(15)4-9(19-12)11(16)17/h4,6,8,10,12,15H,5H2,1-3H3,(H,13,14)(H,16,17)/t8-,10+,12-/m1/s1. The number of amides is 1. The van der Waals surface area contributed by atoms with Gasteiger partial charge in [0.15, 0.2) is 0 Å². The van der Waals surface area contributed by atoms with Gasteiger partial charge in [-0.2, -0.15) is 0 Å². The third kappa shape index (κ3) is 4.53. The Kier molecular flexibility index (Phi) is 5.31. The molecule has 0 bridgehead atoms. The molecule has 1 aliphatic rings. The fraction of sp³-hybridized carbons (Fsp3) is 0.667. The van der Waals surface area contributed by atoms with Gasteiger partial charge in [-0.25, -0.2) is 4.79 Å². The second-order valence-corrected chi connectivity index (χ2v) is 4.77. The number of carbonyl (C=O) groups excluding carboxylic acids is 1. The Hall–Kier alpha value is -1.60. The first kappa shape index (κ1) is 15.5. The molecule has 19 heavy (non-hydrogen) atoms. The summed E-state index contributed by atoms with van der Waals surface area (Å²) >= 11 is 0. The average Bonchev–Trinajstić information content (AvgIpc) is 2.28. The van der Waals surface area contributed by atoms with Crippen LogP contribution in [0.25, 0.3) is 0 Å². The van der Waals surface area contributed by atoms with Crippen molar-refractivity contribution in [1.29, 1.82) is 0 Å². The van der Waals surface area contributed by atoms with Gasteiger partial charge < -0.3 is 25.0 Å². The molecule has 108 valence electrons. The van der Waals surface area contributed by atoms with Gasteiger partial charge in [0.2, 0.25) is 18.0 Å². The third-order valence-corrected chi connectivity index (χ3v) is 2.40. The van der Waals surface area contributed by atoms with Crippen LogP contribution in [0.2, 0.25) is 0 Å². The highest BCUT2D eigenvalue weighted by atomic mass is 16.7. The van der Waals surface area contributed by atoms with E-state index >= 15 is 0 Å². The van der Waals surface area contributed by atoms with Gasteiger partial charge in [-0.05, 0) is 12.0 Å². The number of carbonyl (C=O) groups is 2. The fourth-order valence-electron chi connectivity index (χ4n) is 1.59. The van der Waals surface area contributed by atoms with Crippen molar-refractivity contribution in [2.24, 2.45) is 5.92 Å². The molecule has 1 amide bonds. The van der Waals surface area contributed by atoms with Crippen molar-refractivity contribution in [3.05, 3.63) is 11.8 Å². The number of aliphatic hydroxyl groups is 1. The number of rotatable bonds is 5. The van der Waals surface area contributed by atoms with Crippen LogP contribution in [0.1, 0.15) is 20.8 Å². The first-order chi connectivity index (χ1) is 8.81.